The summed E-state index contributed by atoms with van der Waals surface area (Å²) in [6.45, 7) is 1.51. The summed E-state index contributed by atoms with van der Waals surface area (Å²) in [6.07, 6.45) is 2.50. The van der Waals surface area contributed by atoms with Crippen molar-refractivity contribution in [2.24, 2.45) is 0 Å². The van der Waals surface area contributed by atoms with Gasteiger partial charge in [0.2, 0.25) is 0 Å². The van der Waals surface area contributed by atoms with Crippen molar-refractivity contribution in [2.75, 3.05) is 20.2 Å². The highest BCUT2D eigenvalue weighted by Crippen LogP contribution is 2.21. The Bertz CT molecular complexity index is 498. The van der Waals surface area contributed by atoms with Gasteiger partial charge in [-0.05, 0) is 43.7 Å². The second-order valence-electron chi connectivity index (χ2n) is 5.33. The summed E-state index contributed by atoms with van der Waals surface area (Å²) in [5, 5.41) is 8.89. The van der Waals surface area contributed by atoms with Crippen LogP contribution < -0.4 is 4.74 Å². The van der Waals surface area contributed by atoms with Gasteiger partial charge in [0.1, 0.15) is 5.75 Å². The summed E-state index contributed by atoms with van der Waals surface area (Å²) in [7, 11) is 1.59. The van der Waals surface area contributed by atoms with Crippen molar-refractivity contribution < 1.29 is 19.4 Å². The van der Waals surface area contributed by atoms with Crippen molar-refractivity contribution in [3.8, 4) is 5.75 Å². The first-order chi connectivity index (χ1) is 10.1. The van der Waals surface area contributed by atoms with Crippen molar-refractivity contribution in [3.05, 3.63) is 29.8 Å². The number of carbonyl (C=O) groups is 2. The molecule has 1 N–H and O–H groups in total. The number of benzene rings is 1. The lowest BCUT2D eigenvalue weighted by Gasteiger charge is -2.22. The fraction of sp³-hybridized carbons (Fsp3) is 0.500. The van der Waals surface area contributed by atoms with Gasteiger partial charge in [0.05, 0.1) is 13.5 Å². The van der Waals surface area contributed by atoms with Crippen molar-refractivity contribution in [3.63, 3.8) is 0 Å². The average molecular weight is 291 g/mol. The zero-order chi connectivity index (χ0) is 15.2. The third kappa shape index (κ3) is 4.29. The predicted molar refractivity (Wildman–Crippen MR) is 78.8 cm³/mol. The second-order valence-corrected chi connectivity index (χ2v) is 5.33. The Morgan fingerprint density at radius 3 is 2.67 bits per heavy atom. The SMILES string of the molecule is COc1ccc(C(=O)CCN2CCCC2CC(=O)O)cc1. The van der Waals surface area contributed by atoms with Crippen LogP contribution in [-0.2, 0) is 4.79 Å². The molecule has 1 atom stereocenters. The van der Waals surface area contributed by atoms with Crippen LogP contribution in [0.15, 0.2) is 24.3 Å². The Kier molecular flexibility index (Phi) is 5.33. The van der Waals surface area contributed by atoms with Gasteiger partial charge in [0.25, 0.3) is 0 Å². The Labute approximate surface area is 124 Å². The summed E-state index contributed by atoms with van der Waals surface area (Å²) >= 11 is 0. The minimum atomic E-state index is -0.770. The molecule has 0 amide bonds. The number of hydrogen-bond donors (Lipinski definition) is 1. The van der Waals surface area contributed by atoms with Crippen LogP contribution in [0.1, 0.15) is 36.0 Å². The zero-order valence-corrected chi connectivity index (χ0v) is 12.2. The van der Waals surface area contributed by atoms with Crippen LogP contribution in [0.3, 0.4) is 0 Å². The summed E-state index contributed by atoms with van der Waals surface area (Å²) in [4.78, 5) is 25.1. The fourth-order valence-electron chi connectivity index (χ4n) is 2.79. The minimum absolute atomic E-state index is 0.0752. The van der Waals surface area contributed by atoms with E-state index in [1.807, 2.05) is 0 Å². The number of aliphatic carboxylic acids is 1. The molecule has 0 aromatic heterocycles. The number of carbonyl (C=O) groups excluding carboxylic acids is 1. The standard InChI is InChI=1S/C16H21NO4/c1-21-14-6-4-12(5-7-14)15(18)8-10-17-9-2-3-13(17)11-16(19)20/h4-7,13H,2-3,8-11H2,1H3,(H,19,20). The molecular weight excluding hydrogens is 270 g/mol. The Morgan fingerprint density at radius 1 is 1.33 bits per heavy atom. The van der Waals surface area contributed by atoms with Crippen molar-refractivity contribution >= 4 is 11.8 Å². The Hall–Kier alpha value is -1.88. The molecular formula is C16H21NO4. The fourth-order valence-corrected chi connectivity index (χ4v) is 2.79. The predicted octanol–water partition coefficient (Wildman–Crippen LogP) is 2.21. The number of hydrogen-bond acceptors (Lipinski definition) is 4. The van der Waals surface area contributed by atoms with E-state index in [1.165, 1.54) is 0 Å². The maximum absolute atomic E-state index is 12.1. The van der Waals surface area contributed by atoms with Gasteiger partial charge in [-0.3, -0.25) is 14.5 Å². The lowest BCUT2D eigenvalue weighted by Crippen LogP contribution is -2.33. The largest absolute Gasteiger partial charge is 0.497 e. The van der Waals surface area contributed by atoms with Crippen molar-refractivity contribution in [2.45, 2.75) is 31.7 Å². The highest BCUT2D eigenvalue weighted by molar-refractivity contribution is 5.96. The van der Waals surface area contributed by atoms with E-state index in [4.69, 9.17) is 9.84 Å². The van der Waals surface area contributed by atoms with Gasteiger partial charge in [-0.15, -0.1) is 0 Å². The van der Waals surface area contributed by atoms with Crippen LogP contribution in [0.5, 0.6) is 5.75 Å². The smallest absolute Gasteiger partial charge is 0.304 e. The van der Waals surface area contributed by atoms with Gasteiger partial charge >= 0.3 is 5.97 Å². The molecule has 21 heavy (non-hydrogen) atoms. The highest BCUT2D eigenvalue weighted by atomic mass is 16.5. The van der Waals surface area contributed by atoms with E-state index in [0.29, 0.717) is 18.5 Å². The van der Waals surface area contributed by atoms with Crippen LogP contribution in [0.25, 0.3) is 0 Å². The zero-order valence-electron chi connectivity index (χ0n) is 12.2. The molecule has 0 saturated carbocycles. The lowest BCUT2D eigenvalue weighted by molar-refractivity contribution is -0.138. The van der Waals surface area contributed by atoms with Crippen LogP contribution in [-0.4, -0.2) is 48.0 Å². The van der Waals surface area contributed by atoms with E-state index >= 15 is 0 Å². The quantitative estimate of drug-likeness (QED) is 0.780. The topological polar surface area (TPSA) is 66.8 Å². The number of methoxy groups -OCH3 is 1. The first kappa shape index (κ1) is 15.5. The van der Waals surface area contributed by atoms with Crippen LogP contribution in [0.2, 0.25) is 0 Å². The Morgan fingerprint density at radius 2 is 2.05 bits per heavy atom. The van der Waals surface area contributed by atoms with Gasteiger partial charge in [-0.25, -0.2) is 0 Å². The van der Waals surface area contributed by atoms with E-state index < -0.39 is 5.97 Å². The molecule has 1 fully saturated rings. The van der Waals surface area contributed by atoms with Crippen LogP contribution >= 0.6 is 0 Å². The first-order valence-electron chi connectivity index (χ1n) is 7.23. The monoisotopic (exact) mass is 291 g/mol. The van der Waals surface area contributed by atoms with Gasteiger partial charge in [0.15, 0.2) is 5.78 Å². The summed E-state index contributed by atoms with van der Waals surface area (Å²) in [5.74, 6) is 0.0413. The molecule has 5 nitrogen and oxygen atoms in total. The van der Waals surface area contributed by atoms with Crippen molar-refractivity contribution in [1.82, 2.24) is 4.90 Å². The molecule has 1 aliphatic rings. The molecule has 2 rings (SSSR count). The van der Waals surface area contributed by atoms with Crippen molar-refractivity contribution in [1.29, 1.82) is 0 Å². The summed E-state index contributed by atoms with van der Waals surface area (Å²) in [6, 6.07) is 7.15. The van der Waals surface area contributed by atoms with E-state index in [2.05, 4.69) is 4.90 Å². The number of ether oxygens (including phenoxy) is 1. The summed E-state index contributed by atoms with van der Waals surface area (Å²) < 4.78 is 5.07. The highest BCUT2D eigenvalue weighted by Gasteiger charge is 2.26. The third-order valence-electron chi connectivity index (χ3n) is 3.95. The number of rotatable bonds is 7. The number of carboxylic acids is 1. The van der Waals surface area contributed by atoms with Crippen LogP contribution in [0.4, 0.5) is 0 Å². The van der Waals surface area contributed by atoms with Crippen LogP contribution in [0, 0.1) is 0 Å². The van der Waals surface area contributed by atoms with E-state index in [-0.39, 0.29) is 18.2 Å². The molecule has 0 radical (unpaired) electrons. The average Bonchev–Trinajstić information content (AvgIpc) is 2.91. The number of nitrogens with zero attached hydrogens (tertiary/aromatic N) is 1. The molecule has 1 aromatic carbocycles. The molecule has 114 valence electrons. The van der Waals surface area contributed by atoms with E-state index in [0.717, 1.165) is 25.1 Å². The summed E-state index contributed by atoms with van der Waals surface area (Å²) in [5.41, 5.74) is 0.671. The molecule has 0 aliphatic carbocycles. The van der Waals surface area contributed by atoms with E-state index in [1.54, 1.807) is 31.4 Å². The molecule has 0 bridgehead atoms. The molecule has 1 aromatic rings. The first-order valence-corrected chi connectivity index (χ1v) is 7.23. The Balaban J connectivity index is 1.86. The lowest BCUT2D eigenvalue weighted by atomic mass is 10.1. The molecule has 1 unspecified atom stereocenters. The third-order valence-corrected chi connectivity index (χ3v) is 3.95. The molecule has 5 heteroatoms. The minimum Gasteiger partial charge on any atom is -0.497 e. The van der Waals surface area contributed by atoms with Gasteiger partial charge in [-0.2, -0.15) is 0 Å². The number of ketones is 1. The maximum Gasteiger partial charge on any atom is 0.304 e. The molecule has 1 aliphatic heterocycles. The van der Waals surface area contributed by atoms with E-state index in [9.17, 15) is 9.59 Å². The number of Topliss-reactive ketones (excluding diaryl/α,β-unsaturated/α-hetero) is 1. The maximum atomic E-state index is 12.1. The van der Waals surface area contributed by atoms with Gasteiger partial charge in [-0.1, -0.05) is 0 Å². The van der Waals surface area contributed by atoms with Gasteiger partial charge < -0.3 is 9.84 Å². The molecule has 1 saturated heterocycles. The molecule has 0 spiro atoms. The van der Waals surface area contributed by atoms with Gasteiger partial charge in [0, 0.05) is 24.6 Å². The molecule has 1 heterocycles. The normalized spacial score (nSPS) is 18.6. The number of likely N-dealkylation sites (tertiary alicyclic amines) is 1. The second kappa shape index (κ2) is 7.22. The number of carboxylic acid groups (broad SMARTS) is 1.